The zero-order valence-electron chi connectivity index (χ0n) is 15.9. The van der Waals surface area contributed by atoms with Crippen LogP contribution in [0.15, 0.2) is 48.5 Å². The Balaban J connectivity index is 1.64. The van der Waals surface area contributed by atoms with E-state index in [0.29, 0.717) is 18.9 Å². The first-order valence-electron chi connectivity index (χ1n) is 9.30. The number of halogens is 1. The Labute approximate surface area is 163 Å². The average molecular weight is 385 g/mol. The van der Waals surface area contributed by atoms with Crippen molar-refractivity contribution in [1.29, 1.82) is 0 Å². The van der Waals surface area contributed by atoms with E-state index in [1.54, 1.807) is 12.1 Å². The number of morpholine rings is 1. The smallest absolute Gasteiger partial charge is 0.226 e. The lowest BCUT2D eigenvalue weighted by Crippen LogP contribution is -2.37. The summed E-state index contributed by atoms with van der Waals surface area (Å²) in [6.07, 6.45) is 0.105. The number of carbonyl (C=O) groups excluding carboxylic acids is 2. The van der Waals surface area contributed by atoms with Crippen LogP contribution in [0.2, 0.25) is 0 Å². The molecule has 7 heteroatoms. The van der Waals surface area contributed by atoms with Gasteiger partial charge in [0.2, 0.25) is 11.8 Å². The number of nitrogens with one attached hydrogen (secondary N) is 1. The molecule has 0 unspecified atom stereocenters. The number of hydrogen-bond donors (Lipinski definition) is 1. The summed E-state index contributed by atoms with van der Waals surface area (Å²) in [4.78, 5) is 28.0. The zero-order chi connectivity index (χ0) is 19.9. The van der Waals surface area contributed by atoms with Crippen molar-refractivity contribution in [2.75, 3.05) is 48.0 Å². The number of para-hydroxylation sites is 2. The van der Waals surface area contributed by atoms with Crippen molar-refractivity contribution in [1.82, 2.24) is 0 Å². The SMILES string of the molecule is CC(=O)N(CCC(=O)Nc1ccccc1N1CCOCC1)c1cccc(F)c1. The third-order valence-corrected chi connectivity index (χ3v) is 4.59. The van der Waals surface area contributed by atoms with Gasteiger partial charge in [-0.3, -0.25) is 9.59 Å². The van der Waals surface area contributed by atoms with Gasteiger partial charge in [0.1, 0.15) is 5.82 Å². The largest absolute Gasteiger partial charge is 0.378 e. The highest BCUT2D eigenvalue weighted by atomic mass is 19.1. The molecule has 0 aliphatic carbocycles. The summed E-state index contributed by atoms with van der Waals surface area (Å²) in [7, 11) is 0. The Kier molecular flexibility index (Phi) is 6.60. The fourth-order valence-electron chi connectivity index (χ4n) is 3.20. The van der Waals surface area contributed by atoms with Crippen LogP contribution in [0, 0.1) is 5.82 Å². The van der Waals surface area contributed by atoms with E-state index in [2.05, 4.69) is 10.2 Å². The van der Waals surface area contributed by atoms with E-state index < -0.39 is 5.82 Å². The van der Waals surface area contributed by atoms with Crippen LogP contribution in [0.25, 0.3) is 0 Å². The van der Waals surface area contributed by atoms with Crippen molar-refractivity contribution in [3.05, 3.63) is 54.3 Å². The van der Waals surface area contributed by atoms with Gasteiger partial charge in [-0.05, 0) is 30.3 Å². The van der Waals surface area contributed by atoms with Gasteiger partial charge in [-0.15, -0.1) is 0 Å². The maximum Gasteiger partial charge on any atom is 0.226 e. The Morgan fingerprint density at radius 3 is 2.61 bits per heavy atom. The lowest BCUT2D eigenvalue weighted by Gasteiger charge is -2.30. The Morgan fingerprint density at radius 1 is 1.14 bits per heavy atom. The van der Waals surface area contributed by atoms with Crippen LogP contribution < -0.4 is 15.1 Å². The molecule has 6 nitrogen and oxygen atoms in total. The molecule has 1 aliphatic rings. The van der Waals surface area contributed by atoms with Gasteiger partial charge in [-0.2, -0.15) is 0 Å². The lowest BCUT2D eigenvalue weighted by atomic mass is 10.2. The maximum absolute atomic E-state index is 13.5. The number of hydrogen-bond acceptors (Lipinski definition) is 4. The van der Waals surface area contributed by atoms with E-state index in [1.807, 2.05) is 24.3 Å². The van der Waals surface area contributed by atoms with Crippen LogP contribution in [-0.4, -0.2) is 44.7 Å². The number of nitrogens with zero attached hydrogens (tertiary/aromatic N) is 2. The molecule has 3 rings (SSSR count). The highest BCUT2D eigenvalue weighted by Gasteiger charge is 2.17. The van der Waals surface area contributed by atoms with Crippen LogP contribution in [0.4, 0.5) is 21.5 Å². The van der Waals surface area contributed by atoms with E-state index in [9.17, 15) is 14.0 Å². The summed E-state index contributed by atoms with van der Waals surface area (Å²) in [5, 5.41) is 2.93. The molecule has 1 N–H and O–H groups in total. The minimum atomic E-state index is -0.423. The molecule has 148 valence electrons. The molecule has 2 amide bonds. The Hall–Kier alpha value is -2.93. The maximum atomic E-state index is 13.5. The van der Waals surface area contributed by atoms with Crippen LogP contribution >= 0.6 is 0 Å². The van der Waals surface area contributed by atoms with Gasteiger partial charge in [0.25, 0.3) is 0 Å². The van der Waals surface area contributed by atoms with E-state index in [4.69, 9.17) is 4.74 Å². The highest BCUT2D eigenvalue weighted by molar-refractivity contribution is 5.96. The minimum Gasteiger partial charge on any atom is -0.378 e. The van der Waals surface area contributed by atoms with Gasteiger partial charge in [0.15, 0.2) is 0 Å². The third-order valence-electron chi connectivity index (χ3n) is 4.59. The molecule has 0 bridgehead atoms. The number of anilines is 3. The third kappa shape index (κ3) is 5.07. The second kappa shape index (κ2) is 9.32. The summed E-state index contributed by atoms with van der Waals surface area (Å²) in [5.74, 6) is -0.872. The molecule has 1 aliphatic heterocycles. The molecular weight excluding hydrogens is 361 g/mol. The van der Waals surface area contributed by atoms with E-state index in [-0.39, 0.29) is 24.8 Å². The zero-order valence-corrected chi connectivity index (χ0v) is 15.9. The predicted molar refractivity (Wildman–Crippen MR) is 107 cm³/mol. The molecule has 0 saturated carbocycles. The first kappa shape index (κ1) is 19.8. The molecule has 1 heterocycles. The Bertz CT molecular complexity index is 837. The highest BCUT2D eigenvalue weighted by Crippen LogP contribution is 2.26. The molecule has 0 aromatic heterocycles. The fourth-order valence-corrected chi connectivity index (χ4v) is 3.20. The first-order chi connectivity index (χ1) is 13.5. The summed E-state index contributed by atoms with van der Waals surface area (Å²) in [5.41, 5.74) is 2.12. The summed E-state index contributed by atoms with van der Waals surface area (Å²) >= 11 is 0. The van der Waals surface area contributed by atoms with E-state index in [1.165, 1.54) is 24.0 Å². The molecule has 2 aromatic carbocycles. The molecule has 28 heavy (non-hydrogen) atoms. The quantitative estimate of drug-likeness (QED) is 0.830. The van der Waals surface area contributed by atoms with Crippen molar-refractivity contribution in [3.8, 4) is 0 Å². The molecule has 0 atom stereocenters. The predicted octanol–water partition coefficient (Wildman–Crippen LogP) is 3.04. The van der Waals surface area contributed by atoms with Gasteiger partial charge in [0.05, 0.1) is 24.6 Å². The van der Waals surface area contributed by atoms with Crippen molar-refractivity contribution in [3.63, 3.8) is 0 Å². The van der Waals surface area contributed by atoms with Crippen molar-refractivity contribution in [2.45, 2.75) is 13.3 Å². The van der Waals surface area contributed by atoms with E-state index in [0.717, 1.165) is 24.5 Å². The number of ether oxygens (including phenoxy) is 1. The summed E-state index contributed by atoms with van der Waals surface area (Å²) < 4.78 is 18.9. The second-order valence-electron chi connectivity index (χ2n) is 6.57. The molecule has 1 fully saturated rings. The molecule has 0 spiro atoms. The van der Waals surface area contributed by atoms with Crippen LogP contribution in [0.3, 0.4) is 0 Å². The molecule has 1 saturated heterocycles. The lowest BCUT2D eigenvalue weighted by molar-refractivity contribution is -0.117. The number of rotatable bonds is 6. The minimum absolute atomic E-state index is 0.105. The number of amides is 2. The van der Waals surface area contributed by atoms with Crippen molar-refractivity contribution >= 4 is 28.9 Å². The van der Waals surface area contributed by atoms with Crippen LogP contribution in [0.5, 0.6) is 0 Å². The summed E-state index contributed by atoms with van der Waals surface area (Å²) in [6, 6.07) is 13.4. The van der Waals surface area contributed by atoms with Crippen LogP contribution in [0.1, 0.15) is 13.3 Å². The van der Waals surface area contributed by atoms with Gasteiger partial charge in [0, 0.05) is 38.7 Å². The normalized spacial score (nSPS) is 13.9. The second-order valence-corrected chi connectivity index (χ2v) is 6.57. The standard InChI is InChI=1S/C21H24FN3O3/c1-16(26)25(18-6-4-5-17(22)15-18)10-9-21(27)23-19-7-2-3-8-20(19)24-11-13-28-14-12-24/h2-8,15H,9-14H2,1H3,(H,23,27). The van der Waals surface area contributed by atoms with Crippen molar-refractivity contribution in [2.24, 2.45) is 0 Å². The molecular formula is C21H24FN3O3. The molecule has 2 aromatic rings. The fraction of sp³-hybridized carbons (Fsp3) is 0.333. The van der Waals surface area contributed by atoms with Gasteiger partial charge >= 0.3 is 0 Å². The van der Waals surface area contributed by atoms with Gasteiger partial charge in [-0.1, -0.05) is 18.2 Å². The van der Waals surface area contributed by atoms with Gasteiger partial charge in [-0.25, -0.2) is 4.39 Å². The average Bonchev–Trinajstić information content (AvgIpc) is 2.69. The van der Waals surface area contributed by atoms with E-state index >= 15 is 0 Å². The van der Waals surface area contributed by atoms with Crippen LogP contribution in [-0.2, 0) is 14.3 Å². The van der Waals surface area contributed by atoms with Gasteiger partial charge < -0.3 is 19.9 Å². The molecule has 0 radical (unpaired) electrons. The Morgan fingerprint density at radius 2 is 1.89 bits per heavy atom. The number of carbonyl (C=O) groups is 2. The number of benzene rings is 2. The first-order valence-corrected chi connectivity index (χ1v) is 9.30. The topological polar surface area (TPSA) is 61.9 Å². The van der Waals surface area contributed by atoms with Crippen molar-refractivity contribution < 1.29 is 18.7 Å². The monoisotopic (exact) mass is 385 g/mol. The summed E-state index contributed by atoms with van der Waals surface area (Å²) in [6.45, 7) is 4.42.